The molecule has 1 rings (SSSR count). The Morgan fingerprint density at radius 2 is 1.90 bits per heavy atom. The van der Waals surface area contributed by atoms with Gasteiger partial charge in [0.05, 0.1) is 0 Å². The molecule has 0 aromatic carbocycles. The third-order valence-corrected chi connectivity index (χ3v) is 3.22. The lowest BCUT2D eigenvalue weighted by Gasteiger charge is -2.29. The largest absolute Gasteiger partial charge is 0.373 e. The molecule has 0 aliphatic carbocycles. The molecule has 0 saturated carbocycles. The summed E-state index contributed by atoms with van der Waals surface area (Å²) >= 11 is 0. The van der Waals surface area contributed by atoms with Crippen LogP contribution in [-0.4, -0.2) is 55.6 Å². The second kappa shape index (κ2) is 8.04. The Morgan fingerprint density at radius 3 is 2.40 bits per heavy atom. The lowest BCUT2D eigenvalue weighted by atomic mass is 10.1. The van der Waals surface area contributed by atoms with E-state index < -0.39 is 0 Å². The molecule has 5 heteroatoms. The Morgan fingerprint density at radius 1 is 1.20 bits per heavy atom. The van der Waals surface area contributed by atoms with Gasteiger partial charge in [0.1, 0.15) is 18.0 Å². The van der Waals surface area contributed by atoms with E-state index in [1.54, 1.807) is 6.33 Å². The molecule has 0 spiro atoms. The average Bonchev–Trinajstić information content (AvgIpc) is 2.41. The molecule has 0 aliphatic rings. The Kier molecular flexibility index (Phi) is 6.71. The second-order valence-corrected chi connectivity index (χ2v) is 5.77. The van der Waals surface area contributed by atoms with Gasteiger partial charge in [0.25, 0.3) is 0 Å². The van der Waals surface area contributed by atoms with Gasteiger partial charge < -0.3 is 15.1 Å². The molecule has 0 fully saturated rings. The minimum atomic E-state index is 0.606. The molecule has 0 saturated heterocycles. The summed E-state index contributed by atoms with van der Waals surface area (Å²) in [6.45, 7) is 9.67. The molecule has 1 heterocycles. The van der Waals surface area contributed by atoms with Gasteiger partial charge in [0.2, 0.25) is 0 Å². The maximum absolute atomic E-state index is 4.55. The van der Waals surface area contributed by atoms with Gasteiger partial charge in [-0.1, -0.05) is 20.8 Å². The van der Waals surface area contributed by atoms with Crippen LogP contribution in [0.3, 0.4) is 0 Å². The number of hydrogen-bond acceptors (Lipinski definition) is 5. The second-order valence-electron chi connectivity index (χ2n) is 5.77. The van der Waals surface area contributed by atoms with Crippen molar-refractivity contribution in [3.63, 3.8) is 0 Å². The lowest BCUT2D eigenvalue weighted by molar-refractivity contribution is 0.408. The Labute approximate surface area is 123 Å². The number of aromatic nitrogens is 2. The van der Waals surface area contributed by atoms with E-state index in [0.29, 0.717) is 5.92 Å². The molecule has 0 unspecified atom stereocenters. The summed E-state index contributed by atoms with van der Waals surface area (Å²) in [6, 6.07) is 0. The summed E-state index contributed by atoms with van der Waals surface area (Å²) in [6.07, 6.45) is 2.59. The van der Waals surface area contributed by atoms with Crippen molar-refractivity contribution in [3.05, 3.63) is 11.9 Å². The molecule has 0 amide bonds. The maximum atomic E-state index is 4.55. The number of likely N-dealkylation sites (N-methyl/N-ethyl adjacent to an activating group) is 1. The van der Waals surface area contributed by atoms with Gasteiger partial charge in [-0.25, -0.2) is 9.97 Å². The Bertz CT molecular complexity index is 403. The van der Waals surface area contributed by atoms with Gasteiger partial charge in [-0.3, -0.25) is 0 Å². The van der Waals surface area contributed by atoms with Crippen molar-refractivity contribution in [2.45, 2.75) is 27.2 Å². The quantitative estimate of drug-likeness (QED) is 0.789. The lowest BCUT2D eigenvalue weighted by Crippen LogP contribution is -2.35. The topological polar surface area (TPSA) is 44.3 Å². The van der Waals surface area contributed by atoms with Crippen LogP contribution >= 0.6 is 0 Å². The highest BCUT2D eigenvalue weighted by Gasteiger charge is 2.16. The van der Waals surface area contributed by atoms with Gasteiger partial charge in [-0.15, -0.1) is 0 Å². The Hall–Kier alpha value is -1.36. The average molecular weight is 279 g/mol. The molecule has 0 radical (unpaired) electrons. The molecule has 114 valence electrons. The fraction of sp³-hybridized carbons (Fsp3) is 0.733. The minimum absolute atomic E-state index is 0.606. The maximum Gasteiger partial charge on any atom is 0.137 e. The first-order valence-electron chi connectivity index (χ1n) is 7.40. The van der Waals surface area contributed by atoms with Crippen molar-refractivity contribution < 1.29 is 0 Å². The van der Waals surface area contributed by atoms with Gasteiger partial charge in [-0.2, -0.15) is 0 Å². The molecule has 20 heavy (non-hydrogen) atoms. The van der Waals surface area contributed by atoms with E-state index in [9.17, 15) is 0 Å². The molecule has 0 bridgehead atoms. The van der Waals surface area contributed by atoms with E-state index in [4.69, 9.17) is 0 Å². The van der Waals surface area contributed by atoms with Crippen molar-refractivity contribution >= 4 is 11.6 Å². The van der Waals surface area contributed by atoms with Crippen molar-refractivity contribution in [1.82, 2.24) is 14.9 Å². The summed E-state index contributed by atoms with van der Waals surface area (Å²) in [5.41, 5.74) is 1.20. The summed E-state index contributed by atoms with van der Waals surface area (Å²) in [5.74, 6) is 2.62. The van der Waals surface area contributed by atoms with E-state index in [1.165, 1.54) is 5.56 Å². The van der Waals surface area contributed by atoms with Gasteiger partial charge in [0, 0.05) is 32.2 Å². The minimum Gasteiger partial charge on any atom is -0.373 e. The van der Waals surface area contributed by atoms with Crippen molar-refractivity contribution in [3.8, 4) is 0 Å². The van der Waals surface area contributed by atoms with Crippen molar-refractivity contribution in [1.29, 1.82) is 0 Å². The molecule has 0 atom stereocenters. The number of nitrogens with zero attached hydrogens (tertiary/aromatic N) is 4. The third-order valence-electron chi connectivity index (χ3n) is 3.22. The van der Waals surface area contributed by atoms with Crippen LogP contribution < -0.4 is 10.2 Å². The van der Waals surface area contributed by atoms with E-state index in [-0.39, 0.29) is 0 Å². The molecule has 1 aromatic rings. The van der Waals surface area contributed by atoms with Crippen LogP contribution in [0.15, 0.2) is 6.33 Å². The highest BCUT2D eigenvalue weighted by atomic mass is 15.2. The zero-order valence-electron chi connectivity index (χ0n) is 13.8. The fourth-order valence-corrected chi connectivity index (χ4v) is 2.26. The van der Waals surface area contributed by atoms with E-state index in [2.05, 4.69) is 60.0 Å². The SMILES string of the molecule is CCc1c(NC)ncnc1N(CCN(C)C)CC(C)C. The standard InChI is InChI=1S/C15H29N5/c1-7-13-14(16-4)17-11-18-15(13)20(10-12(2)3)9-8-19(5)6/h11-12H,7-10H2,1-6H3,(H,16,17,18). The molecular formula is C15H29N5. The van der Waals surface area contributed by atoms with Gasteiger partial charge in [-0.05, 0) is 26.4 Å². The van der Waals surface area contributed by atoms with Gasteiger partial charge >= 0.3 is 0 Å². The first kappa shape index (κ1) is 16.7. The van der Waals surface area contributed by atoms with Crippen LogP contribution in [0.5, 0.6) is 0 Å². The van der Waals surface area contributed by atoms with E-state index in [0.717, 1.165) is 37.7 Å². The Balaban J connectivity index is 3.05. The van der Waals surface area contributed by atoms with Gasteiger partial charge in [0.15, 0.2) is 0 Å². The summed E-state index contributed by atoms with van der Waals surface area (Å²) in [5, 5.41) is 3.17. The smallest absolute Gasteiger partial charge is 0.137 e. The molecule has 0 aliphatic heterocycles. The number of rotatable bonds is 8. The predicted octanol–water partition coefficient (Wildman–Crippen LogP) is 2.10. The third kappa shape index (κ3) is 4.63. The number of anilines is 2. The summed E-state index contributed by atoms with van der Waals surface area (Å²) < 4.78 is 0. The highest BCUT2D eigenvalue weighted by Crippen LogP contribution is 2.24. The van der Waals surface area contributed by atoms with Crippen LogP contribution in [0.2, 0.25) is 0 Å². The van der Waals surface area contributed by atoms with Crippen molar-refractivity contribution in [2.75, 3.05) is 51.0 Å². The number of nitrogens with one attached hydrogen (secondary N) is 1. The fourth-order valence-electron chi connectivity index (χ4n) is 2.26. The first-order valence-corrected chi connectivity index (χ1v) is 7.40. The zero-order valence-corrected chi connectivity index (χ0v) is 13.8. The molecule has 1 aromatic heterocycles. The van der Waals surface area contributed by atoms with Crippen LogP contribution in [0.1, 0.15) is 26.3 Å². The van der Waals surface area contributed by atoms with Crippen molar-refractivity contribution in [2.24, 2.45) is 5.92 Å². The van der Waals surface area contributed by atoms with Crippen LogP contribution in [0.4, 0.5) is 11.6 Å². The van der Waals surface area contributed by atoms with Crippen LogP contribution in [0, 0.1) is 5.92 Å². The monoisotopic (exact) mass is 279 g/mol. The summed E-state index contributed by atoms with van der Waals surface area (Å²) in [4.78, 5) is 13.5. The zero-order chi connectivity index (χ0) is 15.1. The predicted molar refractivity (Wildman–Crippen MR) is 86.6 cm³/mol. The molecule has 5 nitrogen and oxygen atoms in total. The van der Waals surface area contributed by atoms with E-state index >= 15 is 0 Å². The highest BCUT2D eigenvalue weighted by molar-refractivity contribution is 5.58. The van der Waals surface area contributed by atoms with E-state index in [1.807, 2.05) is 7.05 Å². The normalized spacial score (nSPS) is 11.2. The molecule has 1 N–H and O–H groups in total. The summed E-state index contributed by atoms with van der Waals surface area (Å²) in [7, 11) is 6.12. The first-order chi connectivity index (χ1) is 9.49. The molecular weight excluding hydrogens is 250 g/mol. The van der Waals surface area contributed by atoms with Crippen LogP contribution in [0.25, 0.3) is 0 Å². The number of hydrogen-bond donors (Lipinski definition) is 1. The van der Waals surface area contributed by atoms with Crippen LogP contribution in [-0.2, 0) is 6.42 Å².